The van der Waals surface area contributed by atoms with Crippen molar-refractivity contribution in [1.82, 2.24) is 10.2 Å². The molecule has 1 aliphatic rings. The van der Waals surface area contributed by atoms with Crippen LogP contribution >= 0.6 is 15.9 Å². The molecule has 88 valence electrons. The Hall–Kier alpha value is -0.450. The molecular weight excluding hydrogens is 271 g/mol. The highest BCUT2D eigenvalue weighted by Crippen LogP contribution is 2.16. The molecule has 1 aromatic carbocycles. The van der Waals surface area contributed by atoms with E-state index >= 15 is 0 Å². The average molecular weight is 287 g/mol. The van der Waals surface area contributed by atoms with E-state index in [9.17, 15) is 4.39 Å². The zero-order valence-electron chi connectivity index (χ0n) is 9.18. The van der Waals surface area contributed by atoms with Gasteiger partial charge in [-0.2, -0.15) is 0 Å². The number of hydrogen-bond donors (Lipinski definition) is 1. The predicted molar refractivity (Wildman–Crippen MR) is 66.9 cm³/mol. The Morgan fingerprint density at radius 1 is 1.25 bits per heavy atom. The molecule has 0 spiro atoms. The fourth-order valence-electron chi connectivity index (χ4n) is 2.02. The summed E-state index contributed by atoms with van der Waals surface area (Å²) in [5, 5.41) is 3.36. The highest BCUT2D eigenvalue weighted by Gasteiger charge is 2.09. The van der Waals surface area contributed by atoms with Crippen molar-refractivity contribution in [3.63, 3.8) is 0 Å². The molecule has 4 heteroatoms. The maximum Gasteiger partial charge on any atom is 0.124 e. The second kappa shape index (κ2) is 5.75. The lowest BCUT2D eigenvalue weighted by molar-refractivity contribution is 0.284. The van der Waals surface area contributed by atoms with Gasteiger partial charge < -0.3 is 5.32 Å². The van der Waals surface area contributed by atoms with E-state index in [1.165, 1.54) is 6.07 Å². The standard InChI is InChI=1S/C12H16BrFN2/c13-11-6-10(7-12(14)8-11)9-16-4-1-2-15-3-5-16/h6-8,15H,1-5,9H2. The lowest BCUT2D eigenvalue weighted by atomic mass is 10.2. The van der Waals surface area contributed by atoms with E-state index in [0.717, 1.165) is 49.2 Å². The Bertz CT molecular complexity index is 329. The van der Waals surface area contributed by atoms with Crippen molar-refractivity contribution >= 4 is 15.9 Å². The SMILES string of the molecule is Fc1cc(Br)cc(CN2CCCNCC2)c1. The molecule has 0 amide bonds. The maximum atomic E-state index is 13.2. The molecule has 0 aromatic heterocycles. The summed E-state index contributed by atoms with van der Waals surface area (Å²) in [6.45, 7) is 5.06. The largest absolute Gasteiger partial charge is 0.315 e. The Labute approximate surface area is 104 Å². The molecule has 16 heavy (non-hydrogen) atoms. The lowest BCUT2D eigenvalue weighted by Gasteiger charge is -2.19. The van der Waals surface area contributed by atoms with Gasteiger partial charge >= 0.3 is 0 Å². The molecule has 1 heterocycles. The molecule has 0 bridgehead atoms. The van der Waals surface area contributed by atoms with Crippen molar-refractivity contribution in [3.05, 3.63) is 34.1 Å². The van der Waals surface area contributed by atoms with Gasteiger partial charge in [-0.1, -0.05) is 15.9 Å². The smallest absolute Gasteiger partial charge is 0.124 e. The van der Waals surface area contributed by atoms with E-state index in [-0.39, 0.29) is 5.82 Å². The van der Waals surface area contributed by atoms with Gasteiger partial charge in [-0.3, -0.25) is 4.90 Å². The van der Waals surface area contributed by atoms with Gasteiger partial charge in [0.25, 0.3) is 0 Å². The third kappa shape index (κ3) is 3.54. The van der Waals surface area contributed by atoms with Crippen molar-refractivity contribution in [2.45, 2.75) is 13.0 Å². The third-order valence-corrected chi connectivity index (χ3v) is 3.22. The second-order valence-electron chi connectivity index (χ2n) is 4.16. The summed E-state index contributed by atoms with van der Waals surface area (Å²) in [6, 6.07) is 5.10. The molecule has 1 aromatic rings. The summed E-state index contributed by atoms with van der Waals surface area (Å²) in [5.41, 5.74) is 1.04. The molecule has 0 saturated carbocycles. The summed E-state index contributed by atoms with van der Waals surface area (Å²) in [4.78, 5) is 2.36. The molecule has 1 aliphatic heterocycles. The van der Waals surface area contributed by atoms with Gasteiger partial charge in [-0.05, 0) is 43.3 Å². The van der Waals surface area contributed by atoms with Crippen molar-refractivity contribution in [1.29, 1.82) is 0 Å². The first kappa shape index (κ1) is 12.0. The van der Waals surface area contributed by atoms with Gasteiger partial charge in [0.1, 0.15) is 5.82 Å². The molecule has 0 atom stereocenters. The Morgan fingerprint density at radius 3 is 2.94 bits per heavy atom. The first-order chi connectivity index (χ1) is 7.74. The second-order valence-corrected chi connectivity index (χ2v) is 5.07. The highest BCUT2D eigenvalue weighted by atomic mass is 79.9. The molecule has 1 fully saturated rings. The van der Waals surface area contributed by atoms with Gasteiger partial charge in [0, 0.05) is 24.1 Å². The van der Waals surface area contributed by atoms with Gasteiger partial charge in [0.05, 0.1) is 0 Å². The summed E-state index contributed by atoms with van der Waals surface area (Å²) < 4.78 is 14.0. The molecule has 2 rings (SSSR count). The Kier molecular flexibility index (Phi) is 4.32. The molecule has 0 unspecified atom stereocenters. The van der Waals surface area contributed by atoms with E-state index in [2.05, 4.69) is 26.1 Å². The lowest BCUT2D eigenvalue weighted by Crippen LogP contribution is -2.27. The van der Waals surface area contributed by atoms with Gasteiger partial charge in [0.15, 0.2) is 0 Å². The number of nitrogens with one attached hydrogen (secondary N) is 1. The number of nitrogens with zero attached hydrogens (tertiary/aromatic N) is 1. The van der Waals surface area contributed by atoms with E-state index in [1.54, 1.807) is 6.07 Å². The molecule has 1 N–H and O–H groups in total. The van der Waals surface area contributed by atoms with Crippen molar-refractivity contribution < 1.29 is 4.39 Å². The van der Waals surface area contributed by atoms with E-state index in [1.807, 2.05) is 6.07 Å². The Morgan fingerprint density at radius 2 is 2.12 bits per heavy atom. The van der Waals surface area contributed by atoms with E-state index < -0.39 is 0 Å². The minimum atomic E-state index is -0.169. The van der Waals surface area contributed by atoms with Crippen LogP contribution in [0.2, 0.25) is 0 Å². The highest BCUT2D eigenvalue weighted by molar-refractivity contribution is 9.10. The number of hydrogen-bond acceptors (Lipinski definition) is 2. The first-order valence-corrected chi connectivity index (χ1v) is 6.41. The molecule has 0 radical (unpaired) electrons. The molecule has 1 saturated heterocycles. The zero-order valence-corrected chi connectivity index (χ0v) is 10.8. The third-order valence-electron chi connectivity index (χ3n) is 2.76. The number of halogens is 2. The summed E-state index contributed by atoms with van der Waals surface area (Å²) in [5.74, 6) is -0.169. The monoisotopic (exact) mass is 286 g/mol. The Balaban J connectivity index is 2.01. The van der Waals surface area contributed by atoms with Crippen LogP contribution < -0.4 is 5.32 Å². The van der Waals surface area contributed by atoms with Crippen LogP contribution in [0.25, 0.3) is 0 Å². The van der Waals surface area contributed by atoms with Crippen molar-refractivity contribution in [2.24, 2.45) is 0 Å². The van der Waals surface area contributed by atoms with Crippen LogP contribution in [0.15, 0.2) is 22.7 Å². The predicted octanol–water partition coefficient (Wildman–Crippen LogP) is 2.38. The average Bonchev–Trinajstić information content (AvgIpc) is 2.44. The molecule has 2 nitrogen and oxygen atoms in total. The fraction of sp³-hybridized carbons (Fsp3) is 0.500. The topological polar surface area (TPSA) is 15.3 Å². The fourth-order valence-corrected chi connectivity index (χ4v) is 2.53. The summed E-state index contributed by atoms with van der Waals surface area (Å²) in [6.07, 6.45) is 1.16. The van der Waals surface area contributed by atoms with Crippen molar-refractivity contribution in [2.75, 3.05) is 26.2 Å². The van der Waals surface area contributed by atoms with Crippen LogP contribution in [0.3, 0.4) is 0 Å². The minimum Gasteiger partial charge on any atom is -0.315 e. The van der Waals surface area contributed by atoms with Gasteiger partial charge in [-0.25, -0.2) is 4.39 Å². The quantitative estimate of drug-likeness (QED) is 0.898. The van der Waals surface area contributed by atoms with E-state index in [4.69, 9.17) is 0 Å². The number of rotatable bonds is 2. The van der Waals surface area contributed by atoms with Crippen LogP contribution in [-0.4, -0.2) is 31.1 Å². The van der Waals surface area contributed by atoms with Crippen LogP contribution in [0, 0.1) is 5.82 Å². The maximum absolute atomic E-state index is 13.2. The molecule has 0 aliphatic carbocycles. The van der Waals surface area contributed by atoms with Crippen LogP contribution in [0.5, 0.6) is 0 Å². The van der Waals surface area contributed by atoms with Crippen LogP contribution in [-0.2, 0) is 6.54 Å². The summed E-state index contributed by atoms with van der Waals surface area (Å²) in [7, 11) is 0. The first-order valence-electron chi connectivity index (χ1n) is 5.62. The van der Waals surface area contributed by atoms with Gasteiger partial charge in [0.2, 0.25) is 0 Å². The van der Waals surface area contributed by atoms with Crippen LogP contribution in [0.1, 0.15) is 12.0 Å². The van der Waals surface area contributed by atoms with Gasteiger partial charge in [-0.15, -0.1) is 0 Å². The van der Waals surface area contributed by atoms with Crippen LogP contribution in [0.4, 0.5) is 4.39 Å². The molecular formula is C12H16BrFN2. The van der Waals surface area contributed by atoms with Crippen molar-refractivity contribution in [3.8, 4) is 0 Å². The van der Waals surface area contributed by atoms with E-state index in [0.29, 0.717) is 0 Å². The zero-order chi connectivity index (χ0) is 11.4. The summed E-state index contributed by atoms with van der Waals surface area (Å²) >= 11 is 3.32. The number of benzene rings is 1. The minimum absolute atomic E-state index is 0.169. The normalized spacial score (nSPS) is 18.4.